The molecule has 0 heterocycles. The number of hydrogen-bond acceptors (Lipinski definition) is 0. The van der Waals surface area contributed by atoms with Crippen molar-refractivity contribution in [3.8, 4) is 0 Å². The maximum atomic E-state index is 11.7. The summed E-state index contributed by atoms with van der Waals surface area (Å²) in [6, 6.07) is 0. The Morgan fingerprint density at radius 3 is 2.27 bits per heavy atom. The molecule has 68 valence electrons. The minimum absolute atomic E-state index is 0.243. The molecule has 0 unspecified atom stereocenters. The van der Waals surface area contributed by atoms with E-state index in [9.17, 15) is 13.2 Å². The van der Waals surface area contributed by atoms with Crippen molar-refractivity contribution in [2.45, 2.75) is 42.7 Å². The molecule has 0 aromatic carbocycles. The third kappa shape index (κ3) is 8.43. The van der Waals surface area contributed by atoms with Crippen LogP contribution in [0.1, 0.15) is 32.6 Å². The SMILES string of the molecule is CCCC[C@@H](I)CC(F)(F)F. The first-order chi connectivity index (χ1) is 4.95. The Morgan fingerprint density at radius 1 is 1.36 bits per heavy atom. The van der Waals surface area contributed by atoms with Gasteiger partial charge in [-0.25, -0.2) is 0 Å². The van der Waals surface area contributed by atoms with Crippen LogP contribution in [0.5, 0.6) is 0 Å². The van der Waals surface area contributed by atoms with Gasteiger partial charge in [0.05, 0.1) is 6.42 Å². The summed E-state index contributed by atoms with van der Waals surface area (Å²) in [7, 11) is 0. The number of unbranched alkanes of at least 4 members (excludes halogenated alkanes) is 1. The fraction of sp³-hybridized carbons (Fsp3) is 1.00. The molecule has 0 spiro atoms. The molecular weight excluding hydrogens is 268 g/mol. The molecule has 0 N–H and O–H groups in total. The van der Waals surface area contributed by atoms with E-state index in [1.807, 2.05) is 29.5 Å². The minimum Gasteiger partial charge on any atom is -0.171 e. The first kappa shape index (κ1) is 11.5. The Morgan fingerprint density at radius 2 is 1.91 bits per heavy atom. The van der Waals surface area contributed by atoms with Gasteiger partial charge in [-0.15, -0.1) is 0 Å². The molecule has 0 nitrogen and oxygen atoms in total. The summed E-state index contributed by atoms with van der Waals surface area (Å²) in [6.45, 7) is 1.98. The zero-order chi connectivity index (χ0) is 8.91. The second kappa shape index (κ2) is 5.22. The largest absolute Gasteiger partial charge is 0.390 e. The highest BCUT2D eigenvalue weighted by Crippen LogP contribution is 2.27. The average Bonchev–Trinajstić information content (AvgIpc) is 1.79. The van der Waals surface area contributed by atoms with E-state index in [-0.39, 0.29) is 3.92 Å². The van der Waals surface area contributed by atoms with Crippen molar-refractivity contribution in [2.24, 2.45) is 0 Å². The van der Waals surface area contributed by atoms with Crippen LogP contribution in [0.4, 0.5) is 13.2 Å². The van der Waals surface area contributed by atoms with Crippen LogP contribution in [-0.4, -0.2) is 10.1 Å². The summed E-state index contributed by atoms with van der Waals surface area (Å²) in [5, 5.41) is 0. The standard InChI is InChI=1S/C7H12F3I/c1-2-3-4-6(11)5-7(8,9)10/h6H,2-5H2,1H3/t6-/m1/s1. The Balaban J connectivity index is 3.44. The molecule has 1 atom stereocenters. The Labute approximate surface area is 78.7 Å². The predicted molar refractivity (Wildman–Crippen MR) is 48.0 cm³/mol. The van der Waals surface area contributed by atoms with E-state index in [2.05, 4.69) is 0 Å². The van der Waals surface area contributed by atoms with Crippen LogP contribution in [0, 0.1) is 0 Å². The molecule has 0 bridgehead atoms. The highest BCUT2D eigenvalue weighted by molar-refractivity contribution is 14.1. The van der Waals surface area contributed by atoms with Crippen molar-refractivity contribution in [3.05, 3.63) is 0 Å². The van der Waals surface area contributed by atoms with Gasteiger partial charge in [0.1, 0.15) is 0 Å². The fourth-order valence-electron chi connectivity index (χ4n) is 0.779. The van der Waals surface area contributed by atoms with Crippen LogP contribution in [0.2, 0.25) is 0 Å². The maximum Gasteiger partial charge on any atom is 0.390 e. The van der Waals surface area contributed by atoms with E-state index in [1.54, 1.807) is 0 Å². The second-order valence-electron chi connectivity index (χ2n) is 2.56. The molecule has 0 saturated heterocycles. The molecule has 0 fully saturated rings. The summed E-state index contributed by atoms with van der Waals surface area (Å²) < 4.78 is 34.9. The van der Waals surface area contributed by atoms with Crippen molar-refractivity contribution in [1.82, 2.24) is 0 Å². The van der Waals surface area contributed by atoms with E-state index < -0.39 is 12.6 Å². The van der Waals surface area contributed by atoms with Crippen molar-refractivity contribution in [1.29, 1.82) is 0 Å². The fourth-order valence-corrected chi connectivity index (χ4v) is 1.72. The van der Waals surface area contributed by atoms with Crippen molar-refractivity contribution >= 4 is 22.6 Å². The maximum absolute atomic E-state index is 11.7. The summed E-state index contributed by atoms with van der Waals surface area (Å²) in [5.74, 6) is 0. The molecule has 0 aliphatic carbocycles. The molecule has 0 aromatic heterocycles. The number of rotatable bonds is 4. The van der Waals surface area contributed by atoms with Crippen LogP contribution in [0.3, 0.4) is 0 Å². The number of hydrogen-bond donors (Lipinski definition) is 0. The van der Waals surface area contributed by atoms with Gasteiger partial charge in [0.15, 0.2) is 0 Å². The second-order valence-corrected chi connectivity index (χ2v) is 4.32. The summed E-state index contributed by atoms with van der Waals surface area (Å²) in [5.41, 5.74) is 0. The van der Waals surface area contributed by atoms with Gasteiger partial charge in [-0.05, 0) is 6.42 Å². The van der Waals surface area contributed by atoms with Gasteiger partial charge in [-0.1, -0.05) is 42.4 Å². The molecule has 0 aliphatic heterocycles. The van der Waals surface area contributed by atoms with Gasteiger partial charge in [-0.2, -0.15) is 13.2 Å². The lowest BCUT2D eigenvalue weighted by atomic mass is 10.1. The van der Waals surface area contributed by atoms with Gasteiger partial charge in [0.2, 0.25) is 0 Å². The van der Waals surface area contributed by atoms with Crippen molar-refractivity contribution in [3.63, 3.8) is 0 Å². The molecular formula is C7H12F3I. The van der Waals surface area contributed by atoms with Crippen molar-refractivity contribution in [2.75, 3.05) is 0 Å². The van der Waals surface area contributed by atoms with E-state index in [1.165, 1.54) is 0 Å². The van der Waals surface area contributed by atoms with E-state index in [0.29, 0.717) is 6.42 Å². The monoisotopic (exact) mass is 280 g/mol. The summed E-state index contributed by atoms with van der Waals surface area (Å²) >= 11 is 1.87. The molecule has 0 aliphatic rings. The Bertz CT molecular complexity index is 100. The molecule has 0 aromatic rings. The van der Waals surface area contributed by atoms with Crippen LogP contribution in [0.15, 0.2) is 0 Å². The summed E-state index contributed by atoms with van der Waals surface area (Å²) in [4.78, 5) is 0. The lowest BCUT2D eigenvalue weighted by Crippen LogP contribution is -2.14. The summed E-state index contributed by atoms with van der Waals surface area (Å²) in [6.07, 6.45) is -2.09. The Kier molecular flexibility index (Phi) is 5.46. The third-order valence-electron chi connectivity index (χ3n) is 1.32. The zero-order valence-electron chi connectivity index (χ0n) is 6.42. The van der Waals surface area contributed by atoms with Crippen LogP contribution in [0.25, 0.3) is 0 Å². The zero-order valence-corrected chi connectivity index (χ0v) is 8.58. The average molecular weight is 280 g/mol. The molecule has 0 radical (unpaired) electrons. The lowest BCUT2D eigenvalue weighted by molar-refractivity contribution is -0.133. The third-order valence-corrected chi connectivity index (χ3v) is 2.39. The topological polar surface area (TPSA) is 0 Å². The first-order valence-corrected chi connectivity index (χ1v) is 4.91. The van der Waals surface area contributed by atoms with Crippen molar-refractivity contribution < 1.29 is 13.2 Å². The number of halogens is 4. The lowest BCUT2D eigenvalue weighted by Gasteiger charge is -2.11. The van der Waals surface area contributed by atoms with Gasteiger partial charge >= 0.3 is 6.18 Å². The quantitative estimate of drug-likeness (QED) is 0.540. The molecule has 11 heavy (non-hydrogen) atoms. The van der Waals surface area contributed by atoms with Crippen LogP contribution in [-0.2, 0) is 0 Å². The molecule has 4 heteroatoms. The molecule has 0 rings (SSSR count). The first-order valence-electron chi connectivity index (χ1n) is 3.66. The van der Waals surface area contributed by atoms with Gasteiger partial charge in [-0.3, -0.25) is 0 Å². The minimum atomic E-state index is -3.99. The molecule has 0 amide bonds. The van der Waals surface area contributed by atoms with Gasteiger partial charge in [0, 0.05) is 3.92 Å². The normalized spacial score (nSPS) is 15.0. The molecule has 0 saturated carbocycles. The van der Waals surface area contributed by atoms with Crippen LogP contribution < -0.4 is 0 Å². The van der Waals surface area contributed by atoms with E-state index in [0.717, 1.165) is 12.8 Å². The Hall–Kier alpha value is 0.520. The number of alkyl halides is 4. The van der Waals surface area contributed by atoms with E-state index in [4.69, 9.17) is 0 Å². The van der Waals surface area contributed by atoms with Crippen LogP contribution >= 0.6 is 22.6 Å². The highest BCUT2D eigenvalue weighted by atomic mass is 127. The van der Waals surface area contributed by atoms with Gasteiger partial charge in [0.25, 0.3) is 0 Å². The van der Waals surface area contributed by atoms with Gasteiger partial charge < -0.3 is 0 Å². The van der Waals surface area contributed by atoms with E-state index >= 15 is 0 Å². The highest BCUT2D eigenvalue weighted by Gasteiger charge is 2.30. The smallest absolute Gasteiger partial charge is 0.171 e. The predicted octanol–water partition coefficient (Wildman–Crippen LogP) is 3.93.